The van der Waals surface area contributed by atoms with E-state index in [0.717, 1.165) is 24.2 Å². The van der Waals surface area contributed by atoms with Gasteiger partial charge in [-0.2, -0.15) is 0 Å². The van der Waals surface area contributed by atoms with Crippen molar-refractivity contribution in [3.63, 3.8) is 0 Å². The smallest absolute Gasteiger partial charge is 0.270 e. The topological polar surface area (TPSA) is 29.5 Å². The Balaban J connectivity index is 1.77. The average molecular weight is 388 g/mol. The maximum atomic E-state index is 14.0. The van der Waals surface area contributed by atoms with E-state index < -0.39 is 5.82 Å². The summed E-state index contributed by atoms with van der Waals surface area (Å²) in [6, 6.07) is 13.6. The zero-order valence-corrected chi connectivity index (χ0v) is 15.9. The van der Waals surface area contributed by atoms with E-state index >= 15 is 0 Å². The molecule has 0 aromatic heterocycles. The molecule has 0 atom stereocenters. The summed E-state index contributed by atoms with van der Waals surface area (Å²) < 4.78 is 20.0. The van der Waals surface area contributed by atoms with E-state index in [1.807, 2.05) is 24.3 Å². The number of ether oxygens (including phenoxy) is 1. The number of carbonyl (C=O) groups is 1. The minimum Gasteiger partial charge on any atom is -0.494 e. The fourth-order valence-electron chi connectivity index (χ4n) is 2.45. The predicted octanol–water partition coefficient (Wildman–Crippen LogP) is 5.41. The Hall–Kier alpha value is -2.18. The van der Waals surface area contributed by atoms with Crippen molar-refractivity contribution in [2.24, 2.45) is 0 Å². The van der Waals surface area contributed by atoms with Crippen LogP contribution in [0.15, 0.2) is 53.4 Å². The summed E-state index contributed by atoms with van der Waals surface area (Å²) in [5.41, 5.74) is 1.04. The summed E-state index contributed by atoms with van der Waals surface area (Å²) >= 11 is 6.45. The van der Waals surface area contributed by atoms with Crippen LogP contribution in [-0.4, -0.2) is 16.8 Å². The molecule has 26 heavy (non-hydrogen) atoms. The first-order chi connectivity index (χ1) is 12.6. The summed E-state index contributed by atoms with van der Waals surface area (Å²) in [4.78, 5) is 14.4. The normalized spacial score (nSPS) is 15.8. The number of thioether (sulfide) groups is 1. The van der Waals surface area contributed by atoms with Crippen molar-refractivity contribution in [3.05, 3.63) is 64.8 Å². The van der Waals surface area contributed by atoms with Gasteiger partial charge in [0.25, 0.3) is 5.91 Å². The Morgan fingerprint density at radius 3 is 2.62 bits per heavy atom. The van der Waals surface area contributed by atoms with E-state index in [1.54, 1.807) is 24.3 Å². The number of nitrogens with zero attached hydrogens (tertiary/aromatic N) is 1. The lowest BCUT2D eigenvalue weighted by Gasteiger charge is -2.14. The van der Waals surface area contributed by atoms with E-state index in [-0.39, 0.29) is 11.6 Å². The lowest BCUT2D eigenvalue weighted by molar-refractivity contribution is -0.113. The SMILES string of the molecule is CCCCOc1ccc(/C=C2/SC(=S)N(c3ccccc3F)C2=O)cc1. The molecule has 1 fully saturated rings. The molecule has 2 aromatic carbocycles. The molecule has 1 aliphatic heterocycles. The van der Waals surface area contributed by atoms with Crippen LogP contribution in [0.5, 0.6) is 5.75 Å². The number of thiocarbonyl (C=S) groups is 1. The molecular formula is C20H18FNO2S2. The van der Waals surface area contributed by atoms with Crippen molar-refractivity contribution in [1.82, 2.24) is 0 Å². The van der Waals surface area contributed by atoms with E-state index in [1.165, 1.54) is 22.7 Å². The first-order valence-electron chi connectivity index (χ1n) is 8.35. The van der Waals surface area contributed by atoms with Crippen LogP contribution in [-0.2, 0) is 4.79 Å². The highest BCUT2D eigenvalue weighted by Crippen LogP contribution is 2.37. The van der Waals surface area contributed by atoms with Gasteiger partial charge in [0.15, 0.2) is 4.32 Å². The van der Waals surface area contributed by atoms with Crippen molar-refractivity contribution < 1.29 is 13.9 Å². The molecule has 0 aliphatic carbocycles. The van der Waals surface area contributed by atoms with Gasteiger partial charge in [0.1, 0.15) is 11.6 Å². The molecule has 0 unspecified atom stereocenters. The Morgan fingerprint density at radius 1 is 1.19 bits per heavy atom. The molecule has 3 rings (SSSR count). The first kappa shape index (κ1) is 18.6. The van der Waals surface area contributed by atoms with Crippen molar-refractivity contribution in [1.29, 1.82) is 0 Å². The zero-order valence-electron chi connectivity index (χ0n) is 14.3. The third-order valence-electron chi connectivity index (χ3n) is 3.83. The first-order valence-corrected chi connectivity index (χ1v) is 9.58. The summed E-state index contributed by atoms with van der Waals surface area (Å²) in [5, 5.41) is 0. The number of unbranched alkanes of at least 4 members (excludes halogenated alkanes) is 1. The summed E-state index contributed by atoms with van der Waals surface area (Å²) in [7, 11) is 0. The highest BCUT2D eigenvalue weighted by Gasteiger charge is 2.34. The third kappa shape index (κ3) is 4.14. The largest absolute Gasteiger partial charge is 0.494 e. The molecule has 1 aliphatic rings. The second kappa shape index (κ2) is 8.47. The number of halogens is 1. The fourth-order valence-corrected chi connectivity index (χ4v) is 3.74. The maximum absolute atomic E-state index is 14.0. The Kier molecular flexibility index (Phi) is 6.06. The van der Waals surface area contributed by atoms with Gasteiger partial charge < -0.3 is 4.74 Å². The van der Waals surface area contributed by atoms with Crippen LogP contribution < -0.4 is 9.64 Å². The van der Waals surface area contributed by atoms with Gasteiger partial charge in [-0.1, -0.05) is 61.6 Å². The standard InChI is InChI=1S/C20H18FNO2S2/c1-2-3-12-24-15-10-8-14(9-11-15)13-18-19(23)22(20(25)26-18)17-7-5-4-6-16(17)21/h4-11,13H,2-3,12H2,1H3/b18-13+. The van der Waals surface area contributed by atoms with Gasteiger partial charge in [-0.25, -0.2) is 4.39 Å². The summed E-state index contributed by atoms with van der Waals surface area (Å²) in [6.45, 7) is 2.81. The monoisotopic (exact) mass is 387 g/mol. The molecule has 1 heterocycles. The molecule has 0 radical (unpaired) electrons. The molecule has 0 bridgehead atoms. The minimum absolute atomic E-state index is 0.179. The lowest BCUT2D eigenvalue weighted by atomic mass is 10.2. The molecule has 3 nitrogen and oxygen atoms in total. The number of hydrogen-bond donors (Lipinski definition) is 0. The highest BCUT2D eigenvalue weighted by atomic mass is 32.2. The van der Waals surface area contributed by atoms with Gasteiger partial charge in [-0.3, -0.25) is 9.69 Å². The van der Waals surface area contributed by atoms with Gasteiger partial charge in [-0.05, 0) is 42.3 Å². The molecule has 2 aromatic rings. The number of hydrogen-bond acceptors (Lipinski definition) is 4. The number of rotatable bonds is 6. The van der Waals surface area contributed by atoms with Gasteiger partial charge in [0.05, 0.1) is 17.2 Å². The van der Waals surface area contributed by atoms with Crippen LogP contribution in [0.4, 0.5) is 10.1 Å². The molecule has 6 heteroatoms. The van der Waals surface area contributed by atoms with Crippen LogP contribution in [0.2, 0.25) is 0 Å². The van der Waals surface area contributed by atoms with E-state index in [4.69, 9.17) is 17.0 Å². The van der Waals surface area contributed by atoms with Crippen molar-refractivity contribution in [3.8, 4) is 5.75 Å². The molecule has 0 N–H and O–H groups in total. The third-order valence-corrected chi connectivity index (χ3v) is 5.13. The predicted molar refractivity (Wildman–Crippen MR) is 109 cm³/mol. The number of para-hydroxylation sites is 1. The van der Waals surface area contributed by atoms with Gasteiger partial charge in [0.2, 0.25) is 0 Å². The second-order valence-electron chi connectivity index (χ2n) is 5.74. The summed E-state index contributed by atoms with van der Waals surface area (Å²) in [6.07, 6.45) is 3.86. The van der Waals surface area contributed by atoms with Crippen molar-refractivity contribution >= 4 is 46.0 Å². The molecule has 0 saturated carbocycles. The Bertz CT molecular complexity index is 849. The van der Waals surface area contributed by atoms with E-state index in [9.17, 15) is 9.18 Å². The number of benzene rings is 2. The number of amides is 1. The number of carbonyl (C=O) groups excluding carboxylic acids is 1. The molecule has 0 spiro atoms. The summed E-state index contributed by atoms with van der Waals surface area (Å²) in [5.74, 6) is 0.0153. The minimum atomic E-state index is -0.473. The van der Waals surface area contributed by atoms with E-state index in [2.05, 4.69) is 6.92 Å². The quantitative estimate of drug-likeness (QED) is 0.377. The van der Waals surface area contributed by atoms with Crippen LogP contribution in [0.3, 0.4) is 0 Å². The maximum Gasteiger partial charge on any atom is 0.270 e. The van der Waals surface area contributed by atoms with Crippen LogP contribution in [0, 0.1) is 5.82 Å². The van der Waals surface area contributed by atoms with Gasteiger partial charge in [-0.15, -0.1) is 0 Å². The van der Waals surface area contributed by atoms with Gasteiger partial charge in [0, 0.05) is 0 Å². The van der Waals surface area contributed by atoms with Crippen LogP contribution in [0.1, 0.15) is 25.3 Å². The molecular weight excluding hydrogens is 369 g/mol. The average Bonchev–Trinajstić information content (AvgIpc) is 2.91. The molecule has 1 amide bonds. The van der Waals surface area contributed by atoms with Crippen LogP contribution >= 0.6 is 24.0 Å². The molecule has 1 saturated heterocycles. The van der Waals surface area contributed by atoms with E-state index in [0.29, 0.717) is 15.8 Å². The second-order valence-corrected chi connectivity index (χ2v) is 7.42. The molecule has 134 valence electrons. The number of anilines is 1. The van der Waals surface area contributed by atoms with Crippen molar-refractivity contribution in [2.45, 2.75) is 19.8 Å². The fraction of sp³-hybridized carbons (Fsp3) is 0.200. The Labute approximate surface area is 161 Å². The Morgan fingerprint density at radius 2 is 1.92 bits per heavy atom. The zero-order chi connectivity index (χ0) is 18.5. The van der Waals surface area contributed by atoms with Gasteiger partial charge >= 0.3 is 0 Å². The highest BCUT2D eigenvalue weighted by molar-refractivity contribution is 8.27. The lowest BCUT2D eigenvalue weighted by Crippen LogP contribution is -2.28. The van der Waals surface area contributed by atoms with Crippen molar-refractivity contribution in [2.75, 3.05) is 11.5 Å². The van der Waals surface area contributed by atoms with Crippen LogP contribution in [0.25, 0.3) is 6.08 Å².